The zero-order valence-corrected chi connectivity index (χ0v) is 19.7. The Kier molecular flexibility index (Phi) is 7.68. The van der Waals surface area contributed by atoms with Gasteiger partial charge in [0.1, 0.15) is 11.5 Å². The molecule has 9 nitrogen and oxygen atoms in total. The molecule has 34 heavy (non-hydrogen) atoms. The van der Waals surface area contributed by atoms with Crippen LogP contribution in [0.15, 0.2) is 54.1 Å². The first-order valence-corrected chi connectivity index (χ1v) is 11.0. The number of hydrogen-bond acceptors (Lipinski definition) is 7. The van der Waals surface area contributed by atoms with Crippen molar-refractivity contribution in [2.75, 3.05) is 33.8 Å². The van der Waals surface area contributed by atoms with Gasteiger partial charge in [0.05, 0.1) is 23.1 Å². The molecule has 1 aliphatic heterocycles. The second-order valence-electron chi connectivity index (χ2n) is 8.87. The number of aliphatic hydroxyl groups excluding tert-OH is 1. The van der Waals surface area contributed by atoms with Crippen molar-refractivity contribution in [3.8, 4) is 5.75 Å². The standard InChI is InChI=1S/C25H29N3O6/c1-16(2)15-34-20-11-7-18(8-12-20)23(29)21-22(17-5-9-19(10-6-17)28(32)33)27(14-13-26(3)4)25(31)24(21)30/h5-12,16,22,29H,13-15H2,1-4H3. The van der Waals surface area contributed by atoms with E-state index in [1.807, 2.05) is 32.8 Å². The van der Waals surface area contributed by atoms with E-state index in [-0.39, 0.29) is 23.6 Å². The molecule has 3 rings (SSSR count). The summed E-state index contributed by atoms with van der Waals surface area (Å²) in [5.74, 6) is -0.829. The summed E-state index contributed by atoms with van der Waals surface area (Å²) in [6.45, 7) is 5.36. The maximum atomic E-state index is 13.0. The van der Waals surface area contributed by atoms with Gasteiger partial charge in [0.2, 0.25) is 0 Å². The third-order valence-corrected chi connectivity index (χ3v) is 5.46. The van der Waals surface area contributed by atoms with Gasteiger partial charge >= 0.3 is 0 Å². The summed E-state index contributed by atoms with van der Waals surface area (Å²) in [6, 6.07) is 11.4. The largest absolute Gasteiger partial charge is 0.507 e. The van der Waals surface area contributed by atoms with Gasteiger partial charge in [-0.1, -0.05) is 13.8 Å². The molecule has 2 aromatic rings. The minimum atomic E-state index is -0.863. The zero-order valence-electron chi connectivity index (χ0n) is 19.7. The van der Waals surface area contributed by atoms with E-state index in [0.29, 0.717) is 35.9 Å². The number of non-ortho nitro benzene ring substituents is 1. The number of carbonyl (C=O) groups excluding carboxylic acids is 2. The van der Waals surface area contributed by atoms with Crippen LogP contribution in [-0.2, 0) is 9.59 Å². The Morgan fingerprint density at radius 2 is 1.74 bits per heavy atom. The van der Waals surface area contributed by atoms with E-state index < -0.39 is 22.7 Å². The van der Waals surface area contributed by atoms with Crippen LogP contribution in [0.25, 0.3) is 5.76 Å². The molecule has 0 radical (unpaired) electrons. The first-order valence-electron chi connectivity index (χ1n) is 11.0. The van der Waals surface area contributed by atoms with Gasteiger partial charge in [-0.25, -0.2) is 0 Å². The number of carbonyl (C=O) groups is 2. The van der Waals surface area contributed by atoms with E-state index >= 15 is 0 Å². The van der Waals surface area contributed by atoms with E-state index in [2.05, 4.69) is 0 Å². The van der Waals surface area contributed by atoms with Crippen LogP contribution in [0.1, 0.15) is 31.0 Å². The summed E-state index contributed by atoms with van der Waals surface area (Å²) in [5.41, 5.74) is 0.718. The molecule has 0 aromatic heterocycles. The summed E-state index contributed by atoms with van der Waals surface area (Å²) in [5, 5.41) is 22.2. The van der Waals surface area contributed by atoms with Gasteiger partial charge in [-0.05, 0) is 62.0 Å². The molecule has 1 aliphatic rings. The van der Waals surface area contributed by atoms with Crippen molar-refractivity contribution < 1.29 is 24.4 Å². The lowest BCUT2D eigenvalue weighted by atomic mass is 9.95. The highest BCUT2D eigenvalue weighted by molar-refractivity contribution is 6.46. The monoisotopic (exact) mass is 467 g/mol. The van der Waals surface area contributed by atoms with Crippen LogP contribution in [0.2, 0.25) is 0 Å². The molecule has 1 saturated heterocycles. The number of likely N-dealkylation sites (N-methyl/N-ethyl adjacent to an activating group) is 1. The topological polar surface area (TPSA) is 113 Å². The number of nitro benzene ring substituents is 1. The van der Waals surface area contributed by atoms with Crippen LogP contribution < -0.4 is 4.74 Å². The highest BCUT2D eigenvalue weighted by Crippen LogP contribution is 2.39. The van der Waals surface area contributed by atoms with Crippen LogP contribution in [0.4, 0.5) is 5.69 Å². The van der Waals surface area contributed by atoms with Crippen molar-refractivity contribution >= 4 is 23.1 Å². The number of nitrogens with zero attached hydrogens (tertiary/aromatic N) is 3. The number of rotatable bonds is 9. The lowest BCUT2D eigenvalue weighted by molar-refractivity contribution is -0.384. The van der Waals surface area contributed by atoms with Crippen molar-refractivity contribution in [1.29, 1.82) is 0 Å². The third kappa shape index (κ3) is 5.43. The lowest BCUT2D eigenvalue weighted by Crippen LogP contribution is -2.35. The van der Waals surface area contributed by atoms with Crippen LogP contribution in [0.5, 0.6) is 5.75 Å². The Morgan fingerprint density at radius 1 is 1.12 bits per heavy atom. The van der Waals surface area contributed by atoms with Crippen molar-refractivity contribution in [2.24, 2.45) is 5.92 Å². The molecule has 2 aromatic carbocycles. The molecule has 1 fully saturated rings. The molecular weight excluding hydrogens is 438 g/mol. The number of amides is 1. The molecular formula is C25H29N3O6. The number of aliphatic hydroxyl groups is 1. The molecule has 9 heteroatoms. The summed E-state index contributed by atoms with van der Waals surface area (Å²) in [6.07, 6.45) is 0. The number of ketones is 1. The zero-order chi connectivity index (χ0) is 25.0. The van der Waals surface area contributed by atoms with E-state index in [9.17, 15) is 24.8 Å². The summed E-state index contributed by atoms with van der Waals surface area (Å²) >= 11 is 0. The third-order valence-electron chi connectivity index (χ3n) is 5.46. The van der Waals surface area contributed by atoms with Gasteiger partial charge in [-0.3, -0.25) is 19.7 Å². The fourth-order valence-corrected chi connectivity index (χ4v) is 3.67. The highest BCUT2D eigenvalue weighted by atomic mass is 16.6. The fourth-order valence-electron chi connectivity index (χ4n) is 3.67. The van der Waals surface area contributed by atoms with Crippen LogP contribution >= 0.6 is 0 Å². The van der Waals surface area contributed by atoms with Crippen LogP contribution in [0.3, 0.4) is 0 Å². The first kappa shape index (κ1) is 24.9. The summed E-state index contributed by atoms with van der Waals surface area (Å²) in [7, 11) is 3.70. The van der Waals surface area contributed by atoms with E-state index in [1.165, 1.54) is 29.2 Å². The normalized spacial score (nSPS) is 17.6. The second-order valence-corrected chi connectivity index (χ2v) is 8.87. The van der Waals surface area contributed by atoms with Gasteiger partial charge in [0.25, 0.3) is 17.4 Å². The molecule has 1 heterocycles. The lowest BCUT2D eigenvalue weighted by Gasteiger charge is -2.26. The van der Waals surface area contributed by atoms with Crippen molar-refractivity contribution in [2.45, 2.75) is 19.9 Å². The van der Waals surface area contributed by atoms with Gasteiger partial charge in [-0.2, -0.15) is 0 Å². The number of hydrogen-bond donors (Lipinski definition) is 1. The second kappa shape index (κ2) is 10.5. The molecule has 180 valence electrons. The predicted molar refractivity (Wildman–Crippen MR) is 127 cm³/mol. The molecule has 1 atom stereocenters. The van der Waals surface area contributed by atoms with Crippen LogP contribution in [-0.4, -0.2) is 65.3 Å². The highest BCUT2D eigenvalue weighted by Gasteiger charge is 2.46. The minimum Gasteiger partial charge on any atom is -0.507 e. The van der Waals surface area contributed by atoms with E-state index in [0.717, 1.165) is 0 Å². The Morgan fingerprint density at radius 3 is 2.26 bits per heavy atom. The molecule has 1 unspecified atom stereocenters. The molecule has 1 amide bonds. The van der Waals surface area contributed by atoms with Gasteiger partial charge < -0.3 is 19.6 Å². The van der Waals surface area contributed by atoms with E-state index in [1.54, 1.807) is 24.3 Å². The molecule has 0 saturated carbocycles. The van der Waals surface area contributed by atoms with Gasteiger partial charge in [0, 0.05) is 30.8 Å². The Bertz CT molecular complexity index is 1090. The SMILES string of the molecule is CC(C)COc1ccc(C(O)=C2C(=O)C(=O)N(CCN(C)C)C2c2ccc([N+](=O)[O-])cc2)cc1. The van der Waals surface area contributed by atoms with Crippen LogP contribution in [0, 0.1) is 16.0 Å². The Hall–Kier alpha value is -3.72. The Balaban J connectivity index is 2.04. The summed E-state index contributed by atoms with van der Waals surface area (Å²) < 4.78 is 5.67. The average Bonchev–Trinajstić information content (AvgIpc) is 3.06. The molecule has 1 N–H and O–H groups in total. The number of nitro groups is 1. The maximum absolute atomic E-state index is 13.0. The number of likely N-dealkylation sites (tertiary alicyclic amines) is 1. The van der Waals surface area contributed by atoms with Crippen molar-refractivity contribution in [3.05, 3.63) is 75.3 Å². The van der Waals surface area contributed by atoms with Crippen molar-refractivity contribution in [1.82, 2.24) is 9.80 Å². The van der Waals surface area contributed by atoms with E-state index in [4.69, 9.17) is 4.74 Å². The average molecular weight is 468 g/mol. The van der Waals surface area contributed by atoms with Crippen molar-refractivity contribution in [3.63, 3.8) is 0 Å². The quantitative estimate of drug-likeness (QED) is 0.197. The molecule has 0 aliphatic carbocycles. The van der Waals surface area contributed by atoms with Gasteiger partial charge in [0.15, 0.2) is 0 Å². The van der Waals surface area contributed by atoms with Gasteiger partial charge in [-0.15, -0.1) is 0 Å². The maximum Gasteiger partial charge on any atom is 0.295 e. The smallest absolute Gasteiger partial charge is 0.295 e. The molecule has 0 spiro atoms. The number of ether oxygens (including phenoxy) is 1. The Labute approximate surface area is 198 Å². The minimum absolute atomic E-state index is 0.0477. The summed E-state index contributed by atoms with van der Waals surface area (Å²) in [4.78, 5) is 39.8. The molecule has 0 bridgehead atoms. The number of Topliss-reactive ketones (excluding diaryl/α,β-unsaturated/α-hetero) is 1. The first-order chi connectivity index (χ1) is 16.1. The predicted octanol–water partition coefficient (Wildman–Crippen LogP) is 3.61. The number of benzene rings is 2. The fraction of sp³-hybridized carbons (Fsp3) is 0.360.